The van der Waals surface area contributed by atoms with Crippen LogP contribution in [0.4, 0.5) is 22.7 Å². The maximum absolute atomic E-state index is 12.7. The Kier molecular flexibility index (Phi) is 4.75. The lowest BCUT2D eigenvalue weighted by Crippen LogP contribution is -2.47. The van der Waals surface area contributed by atoms with Crippen molar-refractivity contribution >= 4 is 50.3 Å². The predicted molar refractivity (Wildman–Crippen MR) is 123 cm³/mol. The van der Waals surface area contributed by atoms with Crippen molar-refractivity contribution in [2.45, 2.75) is 6.17 Å². The van der Waals surface area contributed by atoms with E-state index in [4.69, 9.17) is 11.6 Å². The molecule has 0 atom stereocenters. The number of anilines is 4. The van der Waals surface area contributed by atoms with E-state index < -0.39 is 10.0 Å². The lowest BCUT2D eigenvalue weighted by atomic mass is 10.1. The zero-order valence-corrected chi connectivity index (χ0v) is 17.9. The van der Waals surface area contributed by atoms with Gasteiger partial charge in [-0.15, -0.1) is 0 Å². The molecule has 0 unspecified atom stereocenters. The minimum atomic E-state index is -3.19. The standard InChI is InChI=1S/C22H19ClN4O3S/c23-18-10-7-15(13-17(18)21-25-19-3-1-2-4-20(19)26-21)24-22(28)14-5-8-16(9-6-14)27-11-12-31(27,29)30/h1-10,13,21,25-26H,11-12H2,(H,24,28). The van der Waals surface area contributed by atoms with Crippen LogP contribution in [0.2, 0.25) is 5.02 Å². The summed E-state index contributed by atoms with van der Waals surface area (Å²) in [5.74, 6) is -0.133. The van der Waals surface area contributed by atoms with Crippen molar-refractivity contribution in [3.8, 4) is 0 Å². The summed E-state index contributed by atoms with van der Waals surface area (Å²) in [5, 5.41) is 10.2. The molecule has 1 amide bonds. The monoisotopic (exact) mass is 454 g/mol. The van der Waals surface area contributed by atoms with E-state index in [1.165, 1.54) is 4.31 Å². The molecular formula is C22H19ClN4O3S. The van der Waals surface area contributed by atoms with Crippen LogP contribution in [0, 0.1) is 0 Å². The molecule has 2 heterocycles. The van der Waals surface area contributed by atoms with Gasteiger partial charge < -0.3 is 16.0 Å². The van der Waals surface area contributed by atoms with Crippen LogP contribution in [-0.4, -0.2) is 26.6 Å². The molecule has 3 aromatic carbocycles. The SMILES string of the molecule is O=C(Nc1ccc(Cl)c(C2Nc3ccccc3N2)c1)c1ccc(N2CCS2(=O)=O)cc1. The normalized spacial score (nSPS) is 16.6. The van der Waals surface area contributed by atoms with Crippen molar-refractivity contribution in [3.63, 3.8) is 0 Å². The Balaban J connectivity index is 1.31. The van der Waals surface area contributed by atoms with Crippen LogP contribution in [0.5, 0.6) is 0 Å². The zero-order chi connectivity index (χ0) is 21.6. The third kappa shape index (κ3) is 3.68. The van der Waals surface area contributed by atoms with E-state index >= 15 is 0 Å². The number of nitrogens with zero attached hydrogens (tertiary/aromatic N) is 1. The molecule has 1 fully saturated rings. The zero-order valence-electron chi connectivity index (χ0n) is 16.3. The molecule has 3 N–H and O–H groups in total. The summed E-state index contributed by atoms with van der Waals surface area (Å²) in [6.45, 7) is 0.467. The van der Waals surface area contributed by atoms with Gasteiger partial charge >= 0.3 is 0 Å². The van der Waals surface area contributed by atoms with Crippen molar-refractivity contribution in [1.29, 1.82) is 0 Å². The van der Waals surface area contributed by atoms with Gasteiger partial charge in [-0.25, -0.2) is 8.42 Å². The second-order valence-electron chi connectivity index (χ2n) is 7.39. The summed E-state index contributed by atoms with van der Waals surface area (Å²) >= 11 is 6.42. The number of amides is 1. The Morgan fingerprint density at radius 3 is 2.26 bits per heavy atom. The molecule has 5 rings (SSSR count). The van der Waals surface area contributed by atoms with Crippen LogP contribution in [0.25, 0.3) is 0 Å². The number of sulfonamides is 1. The van der Waals surface area contributed by atoms with Crippen LogP contribution in [-0.2, 0) is 10.0 Å². The van der Waals surface area contributed by atoms with Gasteiger partial charge in [0.15, 0.2) is 0 Å². The summed E-state index contributed by atoms with van der Waals surface area (Å²) in [4.78, 5) is 12.7. The topological polar surface area (TPSA) is 90.5 Å². The van der Waals surface area contributed by atoms with Crippen LogP contribution in [0.1, 0.15) is 22.1 Å². The minimum absolute atomic E-state index is 0.157. The molecule has 0 bridgehead atoms. The number of nitrogens with one attached hydrogen (secondary N) is 3. The Bertz CT molecular complexity index is 1250. The summed E-state index contributed by atoms with van der Waals surface area (Å²) in [7, 11) is -3.19. The van der Waals surface area contributed by atoms with E-state index in [2.05, 4.69) is 16.0 Å². The van der Waals surface area contributed by atoms with Gasteiger partial charge in [-0.3, -0.25) is 9.10 Å². The maximum Gasteiger partial charge on any atom is 0.255 e. The van der Waals surface area contributed by atoms with E-state index in [1.54, 1.807) is 36.4 Å². The Morgan fingerprint density at radius 2 is 1.68 bits per heavy atom. The molecular weight excluding hydrogens is 436 g/mol. The molecule has 7 nitrogen and oxygen atoms in total. The van der Waals surface area contributed by atoms with Crippen molar-refractivity contribution in [1.82, 2.24) is 0 Å². The number of halogens is 1. The maximum atomic E-state index is 12.7. The van der Waals surface area contributed by atoms with Gasteiger partial charge in [-0.1, -0.05) is 23.7 Å². The van der Waals surface area contributed by atoms with Crippen molar-refractivity contribution in [2.24, 2.45) is 0 Å². The first kappa shape index (κ1) is 19.7. The summed E-state index contributed by atoms with van der Waals surface area (Å²) in [6, 6.07) is 19.7. The Labute approximate surface area is 185 Å². The van der Waals surface area contributed by atoms with E-state index in [1.807, 2.05) is 30.3 Å². The van der Waals surface area contributed by atoms with Gasteiger partial charge in [0.05, 0.1) is 22.8 Å². The fourth-order valence-corrected chi connectivity index (χ4v) is 5.02. The smallest absolute Gasteiger partial charge is 0.255 e. The van der Waals surface area contributed by atoms with Gasteiger partial charge in [0, 0.05) is 28.4 Å². The van der Waals surface area contributed by atoms with Gasteiger partial charge in [0.1, 0.15) is 6.17 Å². The summed E-state index contributed by atoms with van der Waals surface area (Å²) in [6.07, 6.45) is -0.209. The van der Waals surface area contributed by atoms with Gasteiger partial charge in [0.2, 0.25) is 10.0 Å². The van der Waals surface area contributed by atoms with E-state index in [9.17, 15) is 13.2 Å². The summed E-state index contributed by atoms with van der Waals surface area (Å²) < 4.78 is 24.8. The number of hydrogen-bond acceptors (Lipinski definition) is 5. The number of rotatable bonds is 4. The van der Waals surface area contributed by atoms with Crippen LogP contribution in [0.15, 0.2) is 66.7 Å². The minimum Gasteiger partial charge on any atom is -0.360 e. The number of benzene rings is 3. The first-order chi connectivity index (χ1) is 14.9. The average molecular weight is 455 g/mol. The highest BCUT2D eigenvalue weighted by molar-refractivity contribution is 7.94. The lowest BCUT2D eigenvalue weighted by Gasteiger charge is -2.32. The molecule has 9 heteroatoms. The molecule has 158 valence electrons. The molecule has 31 heavy (non-hydrogen) atoms. The van der Waals surface area contributed by atoms with Crippen molar-refractivity contribution < 1.29 is 13.2 Å². The molecule has 0 spiro atoms. The van der Waals surface area contributed by atoms with E-state index in [-0.39, 0.29) is 17.8 Å². The molecule has 3 aromatic rings. The number of hydrogen-bond donors (Lipinski definition) is 3. The number of carbonyl (C=O) groups excluding carboxylic acids is 1. The highest BCUT2D eigenvalue weighted by atomic mass is 35.5. The van der Waals surface area contributed by atoms with E-state index in [0.29, 0.717) is 28.5 Å². The number of fused-ring (bicyclic) bond motifs is 1. The van der Waals surface area contributed by atoms with Crippen molar-refractivity contribution in [2.75, 3.05) is 32.6 Å². The Morgan fingerprint density at radius 1 is 1.00 bits per heavy atom. The quantitative estimate of drug-likeness (QED) is 0.547. The van der Waals surface area contributed by atoms with Gasteiger partial charge in [0.25, 0.3) is 5.91 Å². The Hall–Kier alpha value is -3.23. The van der Waals surface area contributed by atoms with Crippen LogP contribution in [0.3, 0.4) is 0 Å². The third-order valence-electron chi connectivity index (χ3n) is 5.40. The second-order valence-corrected chi connectivity index (χ2v) is 9.81. The first-order valence-electron chi connectivity index (χ1n) is 9.74. The fraction of sp³-hybridized carbons (Fsp3) is 0.136. The first-order valence-corrected chi connectivity index (χ1v) is 11.7. The molecule has 2 aliphatic heterocycles. The van der Waals surface area contributed by atoms with Crippen molar-refractivity contribution in [3.05, 3.63) is 82.9 Å². The molecule has 0 radical (unpaired) electrons. The van der Waals surface area contributed by atoms with E-state index in [0.717, 1.165) is 16.9 Å². The third-order valence-corrected chi connectivity index (χ3v) is 7.50. The number of para-hydroxylation sites is 2. The second kappa shape index (κ2) is 7.47. The lowest BCUT2D eigenvalue weighted by molar-refractivity contribution is 0.102. The van der Waals surface area contributed by atoms with Gasteiger partial charge in [-0.2, -0.15) is 0 Å². The number of carbonyl (C=O) groups is 1. The molecule has 0 aromatic heterocycles. The largest absolute Gasteiger partial charge is 0.360 e. The highest BCUT2D eigenvalue weighted by Gasteiger charge is 2.32. The highest BCUT2D eigenvalue weighted by Crippen LogP contribution is 2.38. The predicted octanol–water partition coefficient (Wildman–Crippen LogP) is 4.28. The molecule has 0 aliphatic carbocycles. The molecule has 0 saturated carbocycles. The van der Waals surface area contributed by atoms with Crippen LogP contribution >= 0.6 is 11.6 Å². The molecule has 1 saturated heterocycles. The average Bonchev–Trinajstić information content (AvgIpc) is 3.19. The molecule has 2 aliphatic rings. The fourth-order valence-electron chi connectivity index (χ4n) is 3.68. The summed E-state index contributed by atoms with van der Waals surface area (Å²) in [5.41, 5.74) is 4.40. The van der Waals surface area contributed by atoms with Crippen LogP contribution < -0.4 is 20.3 Å². The van der Waals surface area contributed by atoms with Gasteiger partial charge in [-0.05, 0) is 54.6 Å².